The highest BCUT2D eigenvalue weighted by molar-refractivity contribution is 7.18. The molecule has 0 aliphatic carbocycles. The van der Waals surface area contributed by atoms with Crippen LogP contribution in [0.3, 0.4) is 0 Å². The zero-order valence-corrected chi connectivity index (χ0v) is 17.1. The zero-order valence-electron chi connectivity index (χ0n) is 16.3. The van der Waals surface area contributed by atoms with E-state index >= 15 is 0 Å². The number of furan rings is 1. The van der Waals surface area contributed by atoms with E-state index in [0.717, 1.165) is 32.4 Å². The average molecular weight is 416 g/mol. The number of hydrogen-bond acceptors (Lipinski definition) is 7. The first-order valence-corrected chi connectivity index (χ1v) is 10.9. The molecule has 154 valence electrons. The molecule has 2 aromatic heterocycles. The van der Waals surface area contributed by atoms with Gasteiger partial charge in [0.2, 0.25) is 5.91 Å². The largest absolute Gasteiger partial charge is 0.463 e. The number of carbonyl (C=O) groups excluding carboxylic acids is 2. The maximum Gasteiger partial charge on any atom is 0.240 e. The van der Waals surface area contributed by atoms with Gasteiger partial charge in [-0.25, -0.2) is 4.98 Å². The van der Waals surface area contributed by atoms with Gasteiger partial charge in [-0.1, -0.05) is 23.5 Å². The quantitative estimate of drug-likeness (QED) is 0.573. The first kappa shape index (κ1) is 20.0. The van der Waals surface area contributed by atoms with Gasteiger partial charge in [0.15, 0.2) is 16.7 Å². The molecule has 1 unspecified atom stereocenters. The maximum atomic E-state index is 13.2. The predicted octanol–water partition coefficient (Wildman–Crippen LogP) is 3.60. The van der Waals surface area contributed by atoms with Crippen LogP contribution in [0.25, 0.3) is 11.5 Å². The first-order valence-electron chi connectivity index (χ1n) is 10.0. The highest BCUT2D eigenvalue weighted by Gasteiger charge is 2.28. The lowest BCUT2D eigenvalue weighted by Crippen LogP contribution is -2.35. The number of hydrogen-bond donors (Lipinski definition) is 1. The van der Waals surface area contributed by atoms with Gasteiger partial charge in [0.05, 0.1) is 12.8 Å². The van der Waals surface area contributed by atoms with Crippen molar-refractivity contribution in [2.24, 2.45) is 5.92 Å². The Hall–Kier alpha value is -2.29. The van der Waals surface area contributed by atoms with Gasteiger partial charge in [-0.2, -0.15) is 0 Å². The van der Waals surface area contributed by atoms with Gasteiger partial charge < -0.3 is 14.5 Å². The van der Waals surface area contributed by atoms with E-state index in [9.17, 15) is 9.59 Å². The molecule has 1 saturated heterocycles. The molecule has 29 heavy (non-hydrogen) atoms. The van der Waals surface area contributed by atoms with Crippen molar-refractivity contribution in [3.63, 3.8) is 0 Å². The molecule has 0 aromatic carbocycles. The molecule has 0 spiro atoms. The van der Waals surface area contributed by atoms with Crippen LogP contribution in [0.5, 0.6) is 0 Å². The molecule has 7 nitrogen and oxygen atoms in total. The Morgan fingerprint density at radius 3 is 3.00 bits per heavy atom. The Morgan fingerprint density at radius 1 is 1.28 bits per heavy atom. The molecule has 2 aromatic rings. The molecule has 0 radical (unpaired) electrons. The number of ketones is 1. The van der Waals surface area contributed by atoms with E-state index in [-0.39, 0.29) is 17.6 Å². The summed E-state index contributed by atoms with van der Waals surface area (Å²) in [5.41, 5.74) is 0.506. The Balaban J connectivity index is 1.52. The second-order valence-electron chi connectivity index (χ2n) is 7.32. The minimum absolute atomic E-state index is 0.0565. The van der Waals surface area contributed by atoms with Crippen LogP contribution in [-0.4, -0.2) is 54.4 Å². The molecule has 0 bridgehead atoms. The van der Waals surface area contributed by atoms with E-state index in [1.807, 2.05) is 0 Å². The third kappa shape index (κ3) is 5.01. The molecule has 4 heterocycles. The number of anilines is 1. The number of nitrogens with one attached hydrogen (secondary N) is 1. The van der Waals surface area contributed by atoms with Crippen LogP contribution in [0.2, 0.25) is 0 Å². The smallest absolute Gasteiger partial charge is 0.240 e. The van der Waals surface area contributed by atoms with E-state index in [1.54, 1.807) is 18.4 Å². The van der Waals surface area contributed by atoms with Crippen LogP contribution in [0.15, 0.2) is 35.0 Å². The standard InChI is InChI=1S/C21H25N3O4S/c25-17(14-24-9-2-1-3-10-24)22-21-23-18(16-7-5-12-28-16)20(29-21)19(26)15-6-4-11-27-13-8-15/h1-2,5,7,12,15H,3-4,6,8-11,13-14H2,(H,22,23,25). The zero-order chi connectivity index (χ0) is 20.1. The predicted molar refractivity (Wildman–Crippen MR) is 111 cm³/mol. The lowest BCUT2D eigenvalue weighted by molar-refractivity contribution is -0.117. The summed E-state index contributed by atoms with van der Waals surface area (Å²) in [6.45, 7) is 3.25. The van der Waals surface area contributed by atoms with Crippen molar-refractivity contribution in [3.8, 4) is 11.5 Å². The number of thiazole rings is 1. The number of rotatable bonds is 6. The Bertz CT molecular complexity index is 867. The molecule has 2 aliphatic heterocycles. The van der Waals surface area contributed by atoms with Crippen molar-refractivity contribution >= 4 is 28.2 Å². The fraction of sp³-hybridized carbons (Fsp3) is 0.476. The van der Waals surface area contributed by atoms with Crippen LogP contribution < -0.4 is 5.32 Å². The summed E-state index contributed by atoms with van der Waals surface area (Å²) < 4.78 is 11.0. The van der Waals surface area contributed by atoms with Crippen molar-refractivity contribution in [3.05, 3.63) is 35.4 Å². The van der Waals surface area contributed by atoms with E-state index in [1.165, 1.54) is 11.3 Å². The van der Waals surface area contributed by atoms with Gasteiger partial charge in [-0.3, -0.25) is 14.5 Å². The van der Waals surface area contributed by atoms with Crippen molar-refractivity contribution in [2.45, 2.75) is 25.7 Å². The topological polar surface area (TPSA) is 84.7 Å². The van der Waals surface area contributed by atoms with Crippen LogP contribution in [0.1, 0.15) is 35.4 Å². The number of carbonyl (C=O) groups is 2. The van der Waals surface area contributed by atoms with Crippen LogP contribution in [-0.2, 0) is 9.53 Å². The molecular weight excluding hydrogens is 390 g/mol. The van der Waals surface area contributed by atoms with Crippen LogP contribution in [0, 0.1) is 5.92 Å². The number of aromatic nitrogens is 1. The molecule has 1 N–H and O–H groups in total. The van der Waals surface area contributed by atoms with Crippen molar-refractivity contribution in [1.82, 2.24) is 9.88 Å². The van der Waals surface area contributed by atoms with Crippen molar-refractivity contribution in [2.75, 3.05) is 38.2 Å². The number of ether oxygens (including phenoxy) is 1. The molecule has 1 atom stereocenters. The highest BCUT2D eigenvalue weighted by Crippen LogP contribution is 2.35. The summed E-state index contributed by atoms with van der Waals surface area (Å²) in [7, 11) is 0. The molecule has 1 amide bonds. The fourth-order valence-electron chi connectivity index (χ4n) is 3.67. The molecule has 4 rings (SSSR count). The lowest BCUT2D eigenvalue weighted by atomic mass is 9.94. The summed E-state index contributed by atoms with van der Waals surface area (Å²) in [4.78, 5) is 32.9. The van der Waals surface area contributed by atoms with Gasteiger partial charge >= 0.3 is 0 Å². The molecule has 8 heteroatoms. The van der Waals surface area contributed by atoms with E-state index in [2.05, 4.69) is 27.4 Å². The maximum absolute atomic E-state index is 13.2. The Morgan fingerprint density at radius 2 is 2.21 bits per heavy atom. The minimum Gasteiger partial charge on any atom is -0.463 e. The summed E-state index contributed by atoms with van der Waals surface area (Å²) in [5.74, 6) is 0.384. The molecule has 1 fully saturated rings. The second-order valence-corrected chi connectivity index (χ2v) is 8.32. The SMILES string of the molecule is O=C(CN1CC=CCC1)Nc1nc(-c2ccco2)c(C(=O)C2CCCOCC2)s1. The number of Topliss-reactive ketones (excluding diaryl/α,β-unsaturated/α-hetero) is 1. The average Bonchev–Trinajstić information content (AvgIpc) is 3.31. The number of nitrogens with zero attached hydrogens (tertiary/aromatic N) is 2. The van der Waals surface area contributed by atoms with Crippen LogP contribution in [0.4, 0.5) is 5.13 Å². The van der Waals surface area contributed by atoms with Crippen molar-refractivity contribution < 1.29 is 18.7 Å². The molecular formula is C21H25N3O4S. The summed E-state index contributed by atoms with van der Waals surface area (Å²) in [6.07, 6.45) is 9.10. The van der Waals surface area contributed by atoms with E-state index in [4.69, 9.17) is 9.15 Å². The summed E-state index contributed by atoms with van der Waals surface area (Å²) in [6, 6.07) is 3.55. The Kier molecular flexibility index (Phi) is 6.53. The normalized spacial score (nSPS) is 20.3. The highest BCUT2D eigenvalue weighted by atomic mass is 32.1. The van der Waals surface area contributed by atoms with Gasteiger partial charge in [0, 0.05) is 32.2 Å². The van der Waals surface area contributed by atoms with E-state index in [0.29, 0.717) is 47.6 Å². The van der Waals surface area contributed by atoms with E-state index < -0.39 is 0 Å². The monoisotopic (exact) mass is 415 g/mol. The summed E-state index contributed by atoms with van der Waals surface area (Å²) >= 11 is 1.23. The van der Waals surface area contributed by atoms with Crippen molar-refractivity contribution in [1.29, 1.82) is 0 Å². The van der Waals surface area contributed by atoms with Gasteiger partial charge in [0.1, 0.15) is 10.6 Å². The minimum atomic E-state index is -0.123. The fourth-order valence-corrected chi connectivity index (χ4v) is 4.67. The van der Waals surface area contributed by atoms with Gasteiger partial charge in [-0.05, 0) is 37.8 Å². The first-order chi connectivity index (χ1) is 14.2. The third-order valence-electron chi connectivity index (χ3n) is 5.18. The third-order valence-corrected chi connectivity index (χ3v) is 6.17. The molecule has 0 saturated carbocycles. The van der Waals surface area contributed by atoms with Gasteiger partial charge in [0.25, 0.3) is 0 Å². The lowest BCUT2D eigenvalue weighted by Gasteiger charge is -2.21. The molecule has 2 aliphatic rings. The van der Waals surface area contributed by atoms with Crippen LogP contribution >= 0.6 is 11.3 Å². The van der Waals surface area contributed by atoms with Gasteiger partial charge in [-0.15, -0.1) is 0 Å². The number of amides is 1. The Labute approximate surface area is 173 Å². The summed E-state index contributed by atoms with van der Waals surface area (Å²) in [5, 5.41) is 3.30. The second kappa shape index (κ2) is 9.47.